The quantitative estimate of drug-likeness (QED) is 0.494. The van der Waals surface area contributed by atoms with E-state index in [1.807, 2.05) is 0 Å². The molecule has 1 aliphatic heterocycles. The van der Waals surface area contributed by atoms with Crippen LogP contribution in [0.5, 0.6) is 0 Å². The zero-order valence-corrected chi connectivity index (χ0v) is 16.4. The number of nitrogens with two attached hydrogens (primary N) is 1. The highest BCUT2D eigenvalue weighted by Crippen LogP contribution is 2.44. The SMILES string of the molecule is CCC(=O)OC[C@H]1O[C@@H](n2ccc(N)nc2=O)[C@H](F)[C@]1(CCCl)OC(=O)CC. The molecule has 2 rings (SSSR count). The maximum atomic E-state index is 15.6. The summed E-state index contributed by atoms with van der Waals surface area (Å²) < 4.78 is 32.7. The third-order valence-corrected chi connectivity index (χ3v) is 4.64. The first-order valence-corrected chi connectivity index (χ1v) is 9.40. The molecule has 2 N–H and O–H groups in total. The smallest absolute Gasteiger partial charge is 0.351 e. The Bertz CT molecular complexity index is 776. The van der Waals surface area contributed by atoms with Gasteiger partial charge in [0.25, 0.3) is 0 Å². The zero-order chi connectivity index (χ0) is 20.9. The highest BCUT2D eigenvalue weighted by molar-refractivity contribution is 6.17. The van der Waals surface area contributed by atoms with Gasteiger partial charge in [0, 0.05) is 31.3 Å². The van der Waals surface area contributed by atoms with E-state index in [2.05, 4.69) is 4.98 Å². The summed E-state index contributed by atoms with van der Waals surface area (Å²) in [5.74, 6) is -1.30. The average molecular weight is 420 g/mol. The van der Waals surface area contributed by atoms with Gasteiger partial charge in [-0.25, -0.2) is 9.18 Å². The zero-order valence-electron chi connectivity index (χ0n) is 15.6. The third kappa shape index (κ3) is 4.44. The molecule has 0 spiro atoms. The number of alkyl halides is 2. The summed E-state index contributed by atoms with van der Waals surface area (Å²) in [4.78, 5) is 39.3. The van der Waals surface area contributed by atoms with Crippen molar-refractivity contribution >= 4 is 29.4 Å². The van der Waals surface area contributed by atoms with Crippen LogP contribution in [0, 0.1) is 0 Å². The fourth-order valence-electron chi connectivity index (χ4n) is 2.95. The van der Waals surface area contributed by atoms with Gasteiger partial charge in [-0.1, -0.05) is 13.8 Å². The molecule has 0 aromatic carbocycles. The van der Waals surface area contributed by atoms with Crippen molar-refractivity contribution in [3.05, 3.63) is 22.7 Å². The number of nitrogen functional groups attached to an aromatic ring is 1. The number of hydrogen-bond acceptors (Lipinski definition) is 8. The van der Waals surface area contributed by atoms with Crippen molar-refractivity contribution in [1.82, 2.24) is 9.55 Å². The van der Waals surface area contributed by atoms with Crippen LogP contribution < -0.4 is 11.4 Å². The van der Waals surface area contributed by atoms with Crippen LogP contribution in [0.15, 0.2) is 17.1 Å². The van der Waals surface area contributed by atoms with E-state index in [0.29, 0.717) is 0 Å². The Morgan fingerprint density at radius 2 is 2.07 bits per heavy atom. The normalized spacial score (nSPS) is 26.8. The molecule has 156 valence electrons. The molecule has 0 aliphatic carbocycles. The molecular weight excluding hydrogens is 397 g/mol. The number of halogens is 2. The van der Waals surface area contributed by atoms with Gasteiger partial charge in [0.1, 0.15) is 18.5 Å². The van der Waals surface area contributed by atoms with Crippen LogP contribution in [0.4, 0.5) is 10.2 Å². The van der Waals surface area contributed by atoms with Gasteiger partial charge in [0.2, 0.25) is 0 Å². The van der Waals surface area contributed by atoms with Gasteiger partial charge >= 0.3 is 17.6 Å². The van der Waals surface area contributed by atoms with Crippen LogP contribution in [-0.2, 0) is 23.8 Å². The molecule has 0 radical (unpaired) electrons. The highest BCUT2D eigenvalue weighted by Gasteiger charge is 2.61. The van der Waals surface area contributed by atoms with Gasteiger partial charge in [-0.05, 0) is 6.07 Å². The second-order valence-corrected chi connectivity index (χ2v) is 6.60. The number of nitrogens with zero attached hydrogens (tertiary/aromatic N) is 2. The fraction of sp³-hybridized carbons (Fsp3) is 0.647. The standard InChI is InChI=1S/C17H23ClFN3O6/c1-3-12(23)26-9-10-17(6-7-18,28-13(24)4-2)14(19)15(27-10)22-8-5-11(20)21-16(22)25/h5,8,10,14-15H,3-4,6-7,9H2,1-2H3,(H2,20,21,25)/t10-,14+,15-,17-/m1/s1. The molecule has 0 saturated carbocycles. The second kappa shape index (κ2) is 9.33. The highest BCUT2D eigenvalue weighted by atomic mass is 35.5. The van der Waals surface area contributed by atoms with Gasteiger partial charge < -0.3 is 19.9 Å². The molecule has 4 atom stereocenters. The third-order valence-electron chi connectivity index (χ3n) is 4.45. The van der Waals surface area contributed by atoms with Crippen molar-refractivity contribution in [2.75, 3.05) is 18.2 Å². The summed E-state index contributed by atoms with van der Waals surface area (Å²) in [6, 6.07) is 1.31. The second-order valence-electron chi connectivity index (χ2n) is 6.22. The van der Waals surface area contributed by atoms with Crippen LogP contribution in [0.25, 0.3) is 0 Å². The van der Waals surface area contributed by atoms with Gasteiger partial charge in [-0.2, -0.15) is 4.98 Å². The van der Waals surface area contributed by atoms with Gasteiger partial charge in [-0.3, -0.25) is 14.2 Å². The predicted molar refractivity (Wildman–Crippen MR) is 97.4 cm³/mol. The molecule has 1 fully saturated rings. The molecule has 1 saturated heterocycles. The van der Waals surface area contributed by atoms with E-state index in [9.17, 15) is 14.4 Å². The number of aromatic nitrogens is 2. The van der Waals surface area contributed by atoms with Crippen molar-refractivity contribution in [2.45, 2.75) is 57.2 Å². The lowest BCUT2D eigenvalue weighted by atomic mass is 9.89. The van der Waals surface area contributed by atoms with Crippen molar-refractivity contribution in [3.8, 4) is 0 Å². The van der Waals surface area contributed by atoms with E-state index >= 15 is 4.39 Å². The Morgan fingerprint density at radius 3 is 2.64 bits per heavy atom. The Hall–Kier alpha value is -2.20. The lowest BCUT2D eigenvalue weighted by Gasteiger charge is -2.34. The molecule has 1 aromatic heterocycles. The summed E-state index contributed by atoms with van der Waals surface area (Å²) in [7, 11) is 0. The maximum absolute atomic E-state index is 15.6. The fourth-order valence-corrected chi connectivity index (χ4v) is 3.25. The molecule has 11 heteroatoms. The number of ether oxygens (including phenoxy) is 3. The molecule has 28 heavy (non-hydrogen) atoms. The summed E-state index contributed by atoms with van der Waals surface area (Å²) >= 11 is 5.85. The van der Waals surface area contributed by atoms with Crippen molar-refractivity contribution in [2.24, 2.45) is 0 Å². The molecule has 0 amide bonds. The van der Waals surface area contributed by atoms with E-state index in [1.54, 1.807) is 13.8 Å². The number of carbonyl (C=O) groups excluding carboxylic acids is 2. The Morgan fingerprint density at radius 1 is 1.39 bits per heavy atom. The number of hydrogen-bond donors (Lipinski definition) is 1. The lowest BCUT2D eigenvalue weighted by Crippen LogP contribution is -2.52. The average Bonchev–Trinajstić information content (AvgIpc) is 2.92. The number of anilines is 1. The maximum Gasteiger partial charge on any atom is 0.351 e. The first-order valence-electron chi connectivity index (χ1n) is 8.86. The van der Waals surface area contributed by atoms with E-state index in [4.69, 9.17) is 31.5 Å². The first-order chi connectivity index (χ1) is 13.3. The van der Waals surface area contributed by atoms with E-state index < -0.39 is 41.7 Å². The topological polar surface area (TPSA) is 123 Å². The van der Waals surface area contributed by atoms with Gasteiger partial charge in [0.15, 0.2) is 18.0 Å². The minimum absolute atomic E-state index is 0.00767. The molecular formula is C17H23ClFN3O6. The first kappa shape index (κ1) is 22.1. The number of rotatable bonds is 8. The van der Waals surface area contributed by atoms with E-state index in [-0.39, 0.29) is 37.6 Å². The van der Waals surface area contributed by atoms with Gasteiger partial charge in [-0.15, -0.1) is 11.6 Å². The summed E-state index contributed by atoms with van der Waals surface area (Å²) in [5, 5.41) is 0. The van der Waals surface area contributed by atoms with Crippen LogP contribution in [0.3, 0.4) is 0 Å². The lowest BCUT2D eigenvalue weighted by molar-refractivity contribution is -0.177. The van der Waals surface area contributed by atoms with Crippen LogP contribution >= 0.6 is 11.6 Å². The van der Waals surface area contributed by atoms with Crippen molar-refractivity contribution < 1.29 is 28.2 Å². The molecule has 1 aromatic rings. The summed E-state index contributed by atoms with van der Waals surface area (Å²) in [6.45, 7) is 2.79. The minimum Gasteiger partial charge on any atom is -0.463 e. The molecule has 1 aliphatic rings. The Balaban J connectivity index is 2.44. The van der Waals surface area contributed by atoms with Crippen LogP contribution in [0.1, 0.15) is 39.3 Å². The molecule has 9 nitrogen and oxygen atoms in total. The van der Waals surface area contributed by atoms with Crippen molar-refractivity contribution in [3.63, 3.8) is 0 Å². The van der Waals surface area contributed by atoms with Crippen LogP contribution in [0.2, 0.25) is 0 Å². The van der Waals surface area contributed by atoms with Gasteiger partial charge in [0.05, 0.1) is 0 Å². The largest absolute Gasteiger partial charge is 0.463 e. The molecule has 0 bridgehead atoms. The van der Waals surface area contributed by atoms with E-state index in [0.717, 1.165) is 4.57 Å². The van der Waals surface area contributed by atoms with Crippen LogP contribution in [-0.4, -0.2) is 51.9 Å². The summed E-state index contributed by atoms with van der Waals surface area (Å²) in [6.07, 6.45) is -3.37. The molecule has 2 heterocycles. The summed E-state index contributed by atoms with van der Waals surface area (Å²) in [5.41, 5.74) is 2.81. The molecule has 0 unspecified atom stereocenters. The Labute approximate surface area is 165 Å². The minimum atomic E-state index is -1.96. The van der Waals surface area contributed by atoms with E-state index in [1.165, 1.54) is 12.3 Å². The predicted octanol–water partition coefficient (Wildman–Crippen LogP) is 1.34. The number of esters is 2. The Kier molecular flexibility index (Phi) is 7.36. The number of carbonyl (C=O) groups is 2. The monoisotopic (exact) mass is 419 g/mol. The van der Waals surface area contributed by atoms with Crippen molar-refractivity contribution in [1.29, 1.82) is 0 Å².